The molecule has 2 fully saturated rings. The fraction of sp³-hybridized carbons (Fsp3) is 0.667. The Kier molecular flexibility index (Phi) is 2.95. The average molecular weight is 238 g/mol. The molecule has 0 aromatic carbocycles. The third-order valence-corrected chi connectivity index (χ3v) is 3.74. The minimum atomic E-state index is -0.789. The third kappa shape index (κ3) is 1.95. The van der Waals surface area contributed by atoms with Gasteiger partial charge >= 0.3 is 5.97 Å². The number of carbonyl (C=O) groups is 2. The van der Waals surface area contributed by atoms with Crippen molar-refractivity contribution < 1.29 is 14.7 Å². The Balaban J connectivity index is 2.29. The van der Waals surface area contributed by atoms with Gasteiger partial charge in [0.25, 0.3) is 0 Å². The summed E-state index contributed by atoms with van der Waals surface area (Å²) >= 11 is 0. The average Bonchev–Trinajstić information content (AvgIpc) is 2.45. The van der Waals surface area contributed by atoms with Crippen LogP contribution in [0.1, 0.15) is 12.8 Å². The van der Waals surface area contributed by atoms with Crippen molar-refractivity contribution >= 4 is 11.8 Å². The lowest BCUT2D eigenvalue weighted by Gasteiger charge is -2.32. The predicted molar refractivity (Wildman–Crippen MR) is 62.5 cm³/mol. The Labute approximate surface area is 101 Å². The number of piperidine rings is 1. The summed E-state index contributed by atoms with van der Waals surface area (Å²) in [5.41, 5.74) is 0.756. The summed E-state index contributed by atoms with van der Waals surface area (Å²) in [4.78, 5) is 27.1. The van der Waals surface area contributed by atoms with E-state index in [0.717, 1.165) is 5.57 Å². The van der Waals surface area contributed by atoms with Crippen LogP contribution in [0.2, 0.25) is 0 Å². The van der Waals surface area contributed by atoms with E-state index in [9.17, 15) is 9.59 Å². The van der Waals surface area contributed by atoms with E-state index in [0.29, 0.717) is 12.8 Å². The summed E-state index contributed by atoms with van der Waals surface area (Å²) in [6, 6.07) is -0.289. The number of hydrogen-bond donors (Lipinski definition) is 1. The zero-order chi connectivity index (χ0) is 12.7. The zero-order valence-corrected chi connectivity index (χ0v) is 10.4. The first-order valence-corrected chi connectivity index (χ1v) is 5.78. The van der Waals surface area contributed by atoms with Crippen molar-refractivity contribution in [3.05, 3.63) is 11.8 Å². The van der Waals surface area contributed by atoms with Gasteiger partial charge in [0.1, 0.15) is 0 Å². The van der Waals surface area contributed by atoms with Gasteiger partial charge in [-0.1, -0.05) is 0 Å². The van der Waals surface area contributed by atoms with Gasteiger partial charge in [-0.15, -0.1) is 0 Å². The van der Waals surface area contributed by atoms with Gasteiger partial charge in [0.05, 0.1) is 12.0 Å². The number of fused-ring (bicyclic) bond motifs is 2. The zero-order valence-electron chi connectivity index (χ0n) is 10.4. The lowest BCUT2D eigenvalue weighted by Crippen LogP contribution is -2.45. The topological polar surface area (TPSA) is 60.9 Å². The smallest absolute Gasteiger partial charge is 0.308 e. The molecule has 2 heterocycles. The van der Waals surface area contributed by atoms with E-state index in [-0.39, 0.29) is 17.9 Å². The van der Waals surface area contributed by atoms with Crippen LogP contribution in [-0.4, -0.2) is 59.9 Å². The molecule has 0 amide bonds. The highest BCUT2D eigenvalue weighted by atomic mass is 16.4. The predicted octanol–water partition coefficient (Wildman–Crippen LogP) is 0.178. The highest BCUT2D eigenvalue weighted by molar-refractivity contribution is 6.01. The molecule has 0 aromatic rings. The fourth-order valence-electron chi connectivity index (χ4n) is 2.89. The van der Waals surface area contributed by atoms with Crippen molar-refractivity contribution in [2.75, 3.05) is 21.1 Å². The molecule has 5 nitrogen and oxygen atoms in total. The number of carboxylic acids is 1. The summed E-state index contributed by atoms with van der Waals surface area (Å²) in [6.07, 6.45) is 2.81. The van der Waals surface area contributed by atoms with Crippen LogP contribution in [0, 0.1) is 5.92 Å². The molecule has 1 N–H and O–H groups in total. The summed E-state index contributed by atoms with van der Waals surface area (Å²) in [5.74, 6) is -1.12. The number of aliphatic carboxylic acids is 1. The van der Waals surface area contributed by atoms with Crippen molar-refractivity contribution in [3.63, 3.8) is 0 Å². The van der Waals surface area contributed by atoms with Gasteiger partial charge in [-0.3, -0.25) is 14.5 Å². The van der Waals surface area contributed by atoms with Crippen LogP contribution >= 0.6 is 0 Å². The van der Waals surface area contributed by atoms with E-state index in [1.54, 1.807) is 0 Å². The molecule has 2 aliphatic heterocycles. The molecule has 0 aliphatic carbocycles. The Bertz CT molecular complexity index is 389. The number of carboxylic acid groups (broad SMARTS) is 1. The Morgan fingerprint density at radius 2 is 2.18 bits per heavy atom. The molecule has 2 saturated heterocycles. The Morgan fingerprint density at radius 3 is 2.71 bits per heavy atom. The number of rotatable bonds is 2. The van der Waals surface area contributed by atoms with Crippen LogP contribution in [0.3, 0.4) is 0 Å². The quantitative estimate of drug-likeness (QED) is 0.695. The van der Waals surface area contributed by atoms with E-state index in [4.69, 9.17) is 5.11 Å². The molecule has 0 saturated carbocycles. The van der Waals surface area contributed by atoms with Gasteiger partial charge in [0.2, 0.25) is 0 Å². The number of nitrogens with zero attached hydrogens (tertiary/aromatic N) is 2. The Morgan fingerprint density at radius 1 is 1.53 bits per heavy atom. The van der Waals surface area contributed by atoms with Crippen molar-refractivity contribution in [1.29, 1.82) is 0 Å². The maximum absolute atomic E-state index is 12.2. The van der Waals surface area contributed by atoms with E-state index in [1.165, 1.54) is 0 Å². The second kappa shape index (κ2) is 4.14. The van der Waals surface area contributed by atoms with Crippen LogP contribution in [0.4, 0.5) is 0 Å². The number of Topliss-reactive ketones (excluding diaryl/α,β-unsaturated/α-hetero) is 1. The van der Waals surface area contributed by atoms with E-state index in [1.807, 2.05) is 37.1 Å². The lowest BCUT2D eigenvalue weighted by molar-refractivity contribution is -0.142. The van der Waals surface area contributed by atoms with Gasteiger partial charge in [-0.2, -0.15) is 0 Å². The minimum Gasteiger partial charge on any atom is -0.481 e. The summed E-state index contributed by atoms with van der Waals surface area (Å²) in [7, 11) is 5.59. The molecule has 2 rings (SSSR count). The molecular formula is C12H18N2O3. The molecule has 0 radical (unpaired) electrons. The van der Waals surface area contributed by atoms with Crippen molar-refractivity contribution in [1.82, 2.24) is 9.80 Å². The number of carbonyl (C=O) groups excluding carboxylic acids is 1. The number of likely N-dealkylation sites (N-methyl/N-ethyl adjacent to an activating group) is 1. The summed E-state index contributed by atoms with van der Waals surface area (Å²) < 4.78 is 0. The molecule has 0 spiro atoms. The molecule has 0 aromatic heterocycles. The van der Waals surface area contributed by atoms with E-state index >= 15 is 0 Å². The van der Waals surface area contributed by atoms with Crippen LogP contribution in [0.25, 0.3) is 0 Å². The molecule has 3 unspecified atom stereocenters. The first kappa shape index (κ1) is 12.1. The normalized spacial score (nSPS) is 35.4. The van der Waals surface area contributed by atoms with E-state index < -0.39 is 11.9 Å². The maximum Gasteiger partial charge on any atom is 0.308 e. The highest BCUT2D eigenvalue weighted by Crippen LogP contribution is 2.39. The number of hydrogen-bond acceptors (Lipinski definition) is 4. The van der Waals surface area contributed by atoms with E-state index in [2.05, 4.69) is 0 Å². The molecule has 3 atom stereocenters. The maximum atomic E-state index is 12.2. The Hall–Kier alpha value is -1.36. The van der Waals surface area contributed by atoms with Crippen molar-refractivity contribution in [2.24, 2.45) is 5.92 Å². The van der Waals surface area contributed by atoms with Gasteiger partial charge < -0.3 is 10.0 Å². The second-order valence-corrected chi connectivity index (χ2v) is 5.12. The molecule has 2 bridgehead atoms. The SMILES string of the molecule is CN(C)/C=C1/CC2C(C(=O)O)CC(C1=O)N2C. The van der Waals surface area contributed by atoms with Crippen molar-refractivity contribution in [2.45, 2.75) is 24.9 Å². The summed E-state index contributed by atoms with van der Waals surface area (Å²) in [5, 5.41) is 9.16. The molecule has 94 valence electrons. The molecule has 2 aliphatic rings. The van der Waals surface area contributed by atoms with Crippen molar-refractivity contribution in [3.8, 4) is 0 Å². The molecule has 5 heteroatoms. The third-order valence-electron chi connectivity index (χ3n) is 3.74. The van der Waals surface area contributed by atoms with Crippen LogP contribution < -0.4 is 0 Å². The second-order valence-electron chi connectivity index (χ2n) is 5.12. The van der Waals surface area contributed by atoms with Crippen LogP contribution in [-0.2, 0) is 9.59 Å². The van der Waals surface area contributed by atoms with Gasteiger partial charge in [-0.25, -0.2) is 0 Å². The standard InChI is InChI=1S/C12H18N2O3/c1-13(2)6-7-4-9-8(12(16)17)5-10(11(7)15)14(9)3/h6,8-10H,4-5H2,1-3H3,(H,16,17)/b7-6-. The first-order valence-electron chi connectivity index (χ1n) is 5.78. The van der Waals surface area contributed by atoms with Gasteiger partial charge in [0.15, 0.2) is 5.78 Å². The monoisotopic (exact) mass is 238 g/mol. The lowest BCUT2D eigenvalue weighted by atomic mass is 9.94. The fourth-order valence-corrected chi connectivity index (χ4v) is 2.89. The van der Waals surface area contributed by atoms with Crippen LogP contribution in [0.5, 0.6) is 0 Å². The minimum absolute atomic E-state index is 0.0404. The number of ketones is 1. The van der Waals surface area contributed by atoms with Crippen LogP contribution in [0.15, 0.2) is 11.8 Å². The summed E-state index contributed by atoms with van der Waals surface area (Å²) in [6.45, 7) is 0. The molecule has 17 heavy (non-hydrogen) atoms. The first-order chi connectivity index (χ1) is 7.91. The highest BCUT2D eigenvalue weighted by Gasteiger charge is 2.50. The largest absolute Gasteiger partial charge is 0.481 e. The van der Waals surface area contributed by atoms with Gasteiger partial charge in [-0.05, 0) is 19.9 Å². The van der Waals surface area contributed by atoms with Gasteiger partial charge in [0, 0.05) is 31.9 Å². The molecular weight excluding hydrogens is 220 g/mol.